The van der Waals surface area contributed by atoms with E-state index in [9.17, 15) is 13.2 Å². The van der Waals surface area contributed by atoms with Gasteiger partial charge in [-0.05, 0) is 56.7 Å². The van der Waals surface area contributed by atoms with Crippen molar-refractivity contribution >= 4 is 11.5 Å². The Hall–Kier alpha value is -2.84. The molecule has 0 amide bonds. The van der Waals surface area contributed by atoms with Gasteiger partial charge in [0.15, 0.2) is 0 Å². The van der Waals surface area contributed by atoms with E-state index in [2.05, 4.69) is 32.3 Å². The predicted molar refractivity (Wildman–Crippen MR) is 99.0 cm³/mol. The fraction of sp³-hybridized carbons (Fsp3) is 0.421. The summed E-state index contributed by atoms with van der Waals surface area (Å²) >= 11 is 0. The van der Waals surface area contributed by atoms with Crippen molar-refractivity contribution in [1.29, 1.82) is 0 Å². The molecule has 2 aromatic heterocycles. The number of hydrogen-bond acceptors (Lipinski definition) is 5. The van der Waals surface area contributed by atoms with Gasteiger partial charge in [0.2, 0.25) is 0 Å². The third kappa shape index (κ3) is 3.61. The van der Waals surface area contributed by atoms with Crippen molar-refractivity contribution in [1.82, 2.24) is 24.9 Å². The van der Waals surface area contributed by atoms with Crippen LogP contribution in [0.2, 0.25) is 0 Å². The van der Waals surface area contributed by atoms with Crippen molar-refractivity contribution in [2.75, 3.05) is 11.9 Å². The molecule has 1 aliphatic carbocycles. The van der Waals surface area contributed by atoms with Crippen molar-refractivity contribution in [3.8, 4) is 0 Å². The van der Waals surface area contributed by atoms with E-state index >= 15 is 0 Å². The highest BCUT2D eigenvalue weighted by atomic mass is 19.4. The maximum Gasteiger partial charge on any atom is 0.417 e. The first-order valence-corrected chi connectivity index (χ1v) is 9.16. The highest BCUT2D eigenvalue weighted by Crippen LogP contribution is 2.38. The first-order chi connectivity index (χ1) is 13.4. The minimum absolute atomic E-state index is 0.173. The molecular formula is C19H21F3N6. The van der Waals surface area contributed by atoms with Crippen LogP contribution >= 0.6 is 0 Å². The Kier molecular flexibility index (Phi) is 4.60. The molecule has 0 aromatic carbocycles. The largest absolute Gasteiger partial charge is 0.417 e. The molecule has 4 rings (SSSR count). The van der Waals surface area contributed by atoms with Crippen molar-refractivity contribution in [3.05, 3.63) is 54.6 Å². The molecule has 0 radical (unpaired) electrons. The summed E-state index contributed by atoms with van der Waals surface area (Å²) in [7, 11) is 0. The quantitative estimate of drug-likeness (QED) is 0.861. The van der Waals surface area contributed by atoms with E-state index in [0.717, 1.165) is 37.2 Å². The molecule has 2 aliphatic rings. The topological polar surface area (TPSA) is 58.9 Å². The van der Waals surface area contributed by atoms with Gasteiger partial charge in [0.1, 0.15) is 5.82 Å². The zero-order valence-corrected chi connectivity index (χ0v) is 15.4. The zero-order valence-electron chi connectivity index (χ0n) is 15.4. The normalized spacial score (nSPS) is 25.1. The Bertz CT molecular complexity index is 872. The minimum atomic E-state index is -4.38. The number of pyridine rings is 1. The fourth-order valence-corrected chi connectivity index (χ4v) is 4.02. The van der Waals surface area contributed by atoms with Gasteiger partial charge in [-0.1, -0.05) is 0 Å². The maximum absolute atomic E-state index is 12.8. The van der Waals surface area contributed by atoms with E-state index in [4.69, 9.17) is 0 Å². The predicted octanol–water partition coefficient (Wildman–Crippen LogP) is 3.79. The van der Waals surface area contributed by atoms with Crippen molar-refractivity contribution in [3.63, 3.8) is 0 Å². The molecule has 2 aromatic rings. The molecule has 9 heteroatoms. The Morgan fingerprint density at radius 1 is 1.21 bits per heavy atom. The van der Waals surface area contributed by atoms with Crippen LogP contribution in [0.1, 0.15) is 31.7 Å². The van der Waals surface area contributed by atoms with Crippen LogP contribution in [0.3, 0.4) is 0 Å². The molecule has 1 fully saturated rings. The number of anilines is 1. The molecule has 1 aliphatic heterocycles. The number of halogens is 3. The molecule has 0 bridgehead atoms. The van der Waals surface area contributed by atoms with Crippen LogP contribution in [-0.4, -0.2) is 43.0 Å². The molecule has 6 nitrogen and oxygen atoms in total. The van der Waals surface area contributed by atoms with E-state index in [1.807, 2.05) is 18.4 Å². The summed E-state index contributed by atoms with van der Waals surface area (Å²) in [6, 6.07) is 2.63. The summed E-state index contributed by atoms with van der Waals surface area (Å²) in [5, 5.41) is 11.8. The molecule has 1 saturated carbocycles. The summed E-state index contributed by atoms with van der Waals surface area (Å²) < 4.78 is 38.3. The van der Waals surface area contributed by atoms with E-state index in [-0.39, 0.29) is 11.6 Å². The molecular weight excluding hydrogens is 369 g/mol. The van der Waals surface area contributed by atoms with E-state index in [1.165, 1.54) is 6.07 Å². The lowest BCUT2D eigenvalue weighted by atomic mass is 9.93. The molecule has 148 valence electrons. The van der Waals surface area contributed by atoms with Crippen LogP contribution in [0.15, 0.2) is 49.1 Å². The van der Waals surface area contributed by atoms with Crippen LogP contribution in [0.5, 0.6) is 0 Å². The highest BCUT2D eigenvalue weighted by Gasteiger charge is 2.42. The average Bonchev–Trinajstić information content (AvgIpc) is 3.31. The number of alkyl halides is 3. The van der Waals surface area contributed by atoms with Gasteiger partial charge in [-0.2, -0.15) is 28.2 Å². The maximum atomic E-state index is 12.8. The Balaban J connectivity index is 1.49. The fourth-order valence-electron chi connectivity index (χ4n) is 4.02. The van der Waals surface area contributed by atoms with Gasteiger partial charge in [-0.15, -0.1) is 0 Å². The number of nitrogens with one attached hydrogen (secondary N) is 1. The van der Waals surface area contributed by atoms with E-state index in [1.54, 1.807) is 17.2 Å². The minimum Gasteiger partial charge on any atom is -0.366 e. The molecule has 2 atom stereocenters. The molecule has 0 saturated heterocycles. The van der Waals surface area contributed by atoms with Gasteiger partial charge < -0.3 is 10.2 Å². The SMILES string of the molecule is CC1(Nc2ccc(C(F)(F)F)cn2)CCCC1N1C=CC=C(n2nccn2)C1. The summed E-state index contributed by atoms with van der Waals surface area (Å²) in [5.41, 5.74) is -0.0853. The zero-order chi connectivity index (χ0) is 19.8. The van der Waals surface area contributed by atoms with Crippen molar-refractivity contribution in [2.24, 2.45) is 0 Å². The number of rotatable bonds is 4. The van der Waals surface area contributed by atoms with Crippen LogP contribution in [0.25, 0.3) is 5.70 Å². The van der Waals surface area contributed by atoms with Crippen LogP contribution < -0.4 is 5.32 Å². The standard InChI is InChI=1S/C19H21F3N6/c1-18(26-17-7-6-14(12-23-17)19(20,21)22)8-2-5-16(18)27-11-3-4-15(13-27)28-24-9-10-25-28/h3-4,6-7,9-12,16H,2,5,8,13H2,1H3,(H,23,26). The van der Waals surface area contributed by atoms with Crippen molar-refractivity contribution < 1.29 is 13.2 Å². The van der Waals surface area contributed by atoms with Gasteiger partial charge in [-0.25, -0.2) is 4.98 Å². The van der Waals surface area contributed by atoms with E-state index in [0.29, 0.717) is 12.4 Å². The lowest BCUT2D eigenvalue weighted by Crippen LogP contribution is -2.51. The first kappa shape index (κ1) is 18.5. The van der Waals surface area contributed by atoms with Crippen LogP contribution in [-0.2, 0) is 6.18 Å². The van der Waals surface area contributed by atoms with Gasteiger partial charge in [0, 0.05) is 6.20 Å². The number of hydrogen-bond donors (Lipinski definition) is 1. The third-order valence-corrected chi connectivity index (χ3v) is 5.40. The molecule has 1 N–H and O–H groups in total. The van der Waals surface area contributed by atoms with E-state index < -0.39 is 11.7 Å². The highest BCUT2D eigenvalue weighted by molar-refractivity contribution is 5.50. The Morgan fingerprint density at radius 3 is 2.68 bits per heavy atom. The molecule has 28 heavy (non-hydrogen) atoms. The molecule has 2 unspecified atom stereocenters. The Labute approximate surface area is 160 Å². The molecule has 3 heterocycles. The monoisotopic (exact) mass is 390 g/mol. The smallest absolute Gasteiger partial charge is 0.366 e. The second kappa shape index (κ2) is 6.96. The average molecular weight is 390 g/mol. The number of aromatic nitrogens is 4. The van der Waals surface area contributed by atoms with Gasteiger partial charge in [0.25, 0.3) is 0 Å². The van der Waals surface area contributed by atoms with Gasteiger partial charge in [-0.3, -0.25) is 0 Å². The summed E-state index contributed by atoms with van der Waals surface area (Å²) in [6.07, 6.45) is 8.68. The third-order valence-electron chi connectivity index (χ3n) is 5.40. The summed E-state index contributed by atoms with van der Waals surface area (Å²) in [4.78, 5) is 7.83. The number of nitrogens with zero attached hydrogens (tertiary/aromatic N) is 5. The Morgan fingerprint density at radius 2 is 2.00 bits per heavy atom. The number of allylic oxidation sites excluding steroid dienone is 2. The summed E-state index contributed by atoms with van der Waals surface area (Å²) in [5.74, 6) is 0.452. The van der Waals surface area contributed by atoms with Crippen molar-refractivity contribution in [2.45, 2.75) is 43.9 Å². The second-order valence-electron chi connectivity index (χ2n) is 7.37. The van der Waals surface area contributed by atoms with Crippen LogP contribution in [0, 0.1) is 0 Å². The molecule has 0 spiro atoms. The van der Waals surface area contributed by atoms with Crippen LogP contribution in [0.4, 0.5) is 19.0 Å². The first-order valence-electron chi connectivity index (χ1n) is 9.16. The van der Waals surface area contributed by atoms with Gasteiger partial charge >= 0.3 is 6.18 Å². The second-order valence-corrected chi connectivity index (χ2v) is 7.37. The van der Waals surface area contributed by atoms with Gasteiger partial charge in [0.05, 0.1) is 41.8 Å². The summed E-state index contributed by atoms with van der Waals surface area (Å²) in [6.45, 7) is 2.76. The lowest BCUT2D eigenvalue weighted by Gasteiger charge is -2.41. The lowest BCUT2D eigenvalue weighted by molar-refractivity contribution is -0.137.